The van der Waals surface area contributed by atoms with Crippen LogP contribution in [0.2, 0.25) is 10.0 Å². The van der Waals surface area contributed by atoms with Gasteiger partial charge in [0.05, 0.1) is 28.4 Å². The zero-order valence-electron chi connectivity index (χ0n) is 15.4. The number of ether oxygens (including phenoxy) is 1. The summed E-state index contributed by atoms with van der Waals surface area (Å²) >= 11 is 12.7. The number of amides is 1. The monoisotopic (exact) mass is 422 g/mol. The molecule has 0 aliphatic carbocycles. The van der Waals surface area contributed by atoms with Crippen LogP contribution in [0, 0.1) is 0 Å². The summed E-state index contributed by atoms with van der Waals surface area (Å²) < 4.78 is 5.12. The van der Waals surface area contributed by atoms with Gasteiger partial charge in [-0.3, -0.25) is 9.78 Å². The molecule has 1 N–H and O–H groups in total. The van der Waals surface area contributed by atoms with Crippen LogP contribution in [-0.2, 0) is 0 Å². The number of nitrogens with one attached hydrogen (secondary N) is 1. The Kier molecular flexibility index (Phi) is 5.38. The van der Waals surface area contributed by atoms with Gasteiger partial charge >= 0.3 is 0 Å². The maximum absolute atomic E-state index is 12.7. The lowest BCUT2D eigenvalue weighted by atomic mass is 10.0. The molecular formula is C23H16Cl2N2O2. The third-order valence-corrected chi connectivity index (χ3v) is 5.22. The van der Waals surface area contributed by atoms with E-state index in [9.17, 15) is 4.79 Å². The first-order valence-corrected chi connectivity index (χ1v) is 9.61. The molecule has 4 rings (SSSR count). The van der Waals surface area contributed by atoms with Crippen molar-refractivity contribution in [3.05, 3.63) is 88.5 Å². The van der Waals surface area contributed by atoms with Crippen molar-refractivity contribution in [1.82, 2.24) is 4.98 Å². The van der Waals surface area contributed by atoms with Crippen LogP contribution >= 0.6 is 23.2 Å². The largest absolute Gasteiger partial charge is 0.497 e. The summed E-state index contributed by atoms with van der Waals surface area (Å²) in [6.45, 7) is 0. The van der Waals surface area contributed by atoms with E-state index in [0.717, 1.165) is 22.0 Å². The van der Waals surface area contributed by atoms with Crippen molar-refractivity contribution in [2.45, 2.75) is 0 Å². The second-order valence-corrected chi connectivity index (χ2v) is 7.19. The molecule has 29 heavy (non-hydrogen) atoms. The molecule has 0 aliphatic rings. The van der Waals surface area contributed by atoms with Crippen molar-refractivity contribution < 1.29 is 9.53 Å². The van der Waals surface area contributed by atoms with E-state index >= 15 is 0 Å². The number of carbonyl (C=O) groups excluding carboxylic acids is 1. The molecule has 0 aliphatic heterocycles. The molecule has 0 radical (unpaired) electrons. The Balaban J connectivity index is 1.70. The summed E-state index contributed by atoms with van der Waals surface area (Å²) in [5.74, 6) is 0.263. The number of pyridine rings is 1. The van der Waals surface area contributed by atoms with Gasteiger partial charge in [-0.05, 0) is 47.9 Å². The van der Waals surface area contributed by atoms with Crippen LogP contribution in [0.4, 0.5) is 5.69 Å². The SMILES string of the molecule is COc1ccc(C(=O)Nc2ccc(Cl)c(-c3nccc4ccccc34)c2)c(Cl)c1. The van der Waals surface area contributed by atoms with Crippen molar-refractivity contribution in [3.8, 4) is 17.0 Å². The zero-order valence-corrected chi connectivity index (χ0v) is 17.0. The molecule has 0 saturated heterocycles. The number of hydrogen-bond donors (Lipinski definition) is 1. The topological polar surface area (TPSA) is 51.2 Å². The summed E-state index contributed by atoms with van der Waals surface area (Å²) in [5, 5.41) is 5.78. The molecule has 1 aromatic heterocycles. The number of fused-ring (bicyclic) bond motifs is 1. The summed E-state index contributed by atoms with van der Waals surface area (Å²) in [7, 11) is 1.54. The van der Waals surface area contributed by atoms with Gasteiger partial charge in [0.2, 0.25) is 0 Å². The highest BCUT2D eigenvalue weighted by atomic mass is 35.5. The predicted molar refractivity (Wildman–Crippen MR) is 118 cm³/mol. The normalized spacial score (nSPS) is 10.7. The van der Waals surface area contributed by atoms with Gasteiger partial charge in [-0.2, -0.15) is 0 Å². The summed E-state index contributed by atoms with van der Waals surface area (Å²) in [4.78, 5) is 17.2. The van der Waals surface area contributed by atoms with Crippen LogP contribution in [0.1, 0.15) is 10.4 Å². The van der Waals surface area contributed by atoms with Crippen LogP contribution in [0.3, 0.4) is 0 Å². The molecule has 3 aromatic carbocycles. The van der Waals surface area contributed by atoms with E-state index in [-0.39, 0.29) is 5.91 Å². The van der Waals surface area contributed by atoms with Crippen LogP contribution in [0.5, 0.6) is 5.75 Å². The molecule has 4 aromatic rings. The van der Waals surface area contributed by atoms with Crippen LogP contribution in [0.15, 0.2) is 72.9 Å². The Hall–Kier alpha value is -3.08. The average molecular weight is 423 g/mol. The van der Waals surface area contributed by atoms with Gasteiger partial charge in [0, 0.05) is 22.8 Å². The maximum Gasteiger partial charge on any atom is 0.257 e. The van der Waals surface area contributed by atoms with E-state index in [1.807, 2.05) is 36.4 Å². The fourth-order valence-electron chi connectivity index (χ4n) is 3.12. The summed E-state index contributed by atoms with van der Waals surface area (Å²) in [5.41, 5.74) is 2.44. The van der Waals surface area contributed by atoms with Crippen molar-refractivity contribution in [2.75, 3.05) is 12.4 Å². The highest BCUT2D eigenvalue weighted by molar-refractivity contribution is 6.35. The lowest BCUT2D eigenvalue weighted by Crippen LogP contribution is -2.12. The van der Waals surface area contributed by atoms with Crippen molar-refractivity contribution >= 4 is 45.6 Å². The van der Waals surface area contributed by atoms with Gasteiger partial charge in [-0.25, -0.2) is 0 Å². The Morgan fingerprint density at radius 3 is 2.59 bits per heavy atom. The first-order chi connectivity index (χ1) is 14.1. The lowest BCUT2D eigenvalue weighted by Gasteiger charge is -2.12. The van der Waals surface area contributed by atoms with E-state index in [2.05, 4.69) is 10.3 Å². The number of aromatic nitrogens is 1. The van der Waals surface area contributed by atoms with Gasteiger partial charge in [-0.15, -0.1) is 0 Å². The lowest BCUT2D eigenvalue weighted by molar-refractivity contribution is 0.102. The number of nitrogens with zero attached hydrogens (tertiary/aromatic N) is 1. The molecule has 1 heterocycles. The molecule has 6 heteroatoms. The fraction of sp³-hybridized carbons (Fsp3) is 0.0435. The Morgan fingerprint density at radius 2 is 1.79 bits per heavy atom. The number of rotatable bonds is 4. The quantitative estimate of drug-likeness (QED) is 0.409. The molecule has 0 spiro atoms. The number of benzene rings is 3. The third kappa shape index (κ3) is 3.90. The first kappa shape index (κ1) is 19.2. The number of anilines is 1. The third-order valence-electron chi connectivity index (χ3n) is 4.57. The Morgan fingerprint density at radius 1 is 0.966 bits per heavy atom. The molecule has 1 amide bonds. The number of carbonyl (C=O) groups is 1. The summed E-state index contributed by atoms with van der Waals surface area (Å²) in [6, 6.07) is 20.1. The van der Waals surface area contributed by atoms with E-state index in [1.165, 1.54) is 0 Å². The molecular weight excluding hydrogens is 407 g/mol. The standard InChI is InChI=1S/C23H16Cl2N2O2/c1-29-16-7-8-18(21(25)13-16)23(28)27-15-6-9-20(24)19(12-15)22-17-5-3-2-4-14(17)10-11-26-22/h2-13H,1H3,(H,27,28). The Labute approximate surface area is 178 Å². The van der Waals surface area contributed by atoms with Crippen molar-refractivity contribution in [3.63, 3.8) is 0 Å². The van der Waals surface area contributed by atoms with E-state index in [0.29, 0.717) is 27.0 Å². The predicted octanol–water partition coefficient (Wildman–Crippen LogP) is 6.47. The van der Waals surface area contributed by atoms with E-state index < -0.39 is 0 Å². The second kappa shape index (κ2) is 8.11. The maximum atomic E-state index is 12.7. The van der Waals surface area contributed by atoms with Crippen LogP contribution < -0.4 is 10.1 Å². The second-order valence-electron chi connectivity index (χ2n) is 6.38. The number of hydrogen-bond acceptors (Lipinski definition) is 3. The minimum Gasteiger partial charge on any atom is -0.497 e. The minimum absolute atomic E-state index is 0.312. The highest BCUT2D eigenvalue weighted by Gasteiger charge is 2.14. The summed E-state index contributed by atoms with van der Waals surface area (Å²) in [6.07, 6.45) is 1.75. The van der Waals surface area contributed by atoms with E-state index in [1.54, 1.807) is 43.6 Å². The van der Waals surface area contributed by atoms with Gasteiger partial charge in [-0.1, -0.05) is 47.5 Å². The molecule has 0 atom stereocenters. The van der Waals surface area contributed by atoms with Crippen LogP contribution in [0.25, 0.3) is 22.0 Å². The molecule has 4 nitrogen and oxygen atoms in total. The van der Waals surface area contributed by atoms with Gasteiger partial charge < -0.3 is 10.1 Å². The van der Waals surface area contributed by atoms with Gasteiger partial charge in [0.25, 0.3) is 5.91 Å². The molecule has 144 valence electrons. The molecule has 0 bridgehead atoms. The smallest absolute Gasteiger partial charge is 0.257 e. The average Bonchev–Trinajstić information content (AvgIpc) is 2.74. The first-order valence-electron chi connectivity index (χ1n) is 8.85. The minimum atomic E-state index is -0.322. The Bertz CT molecular complexity index is 1220. The highest BCUT2D eigenvalue weighted by Crippen LogP contribution is 2.34. The number of methoxy groups -OCH3 is 1. The molecule has 0 fully saturated rings. The molecule has 0 saturated carbocycles. The fourth-order valence-corrected chi connectivity index (χ4v) is 3.59. The van der Waals surface area contributed by atoms with Crippen LogP contribution in [-0.4, -0.2) is 18.0 Å². The van der Waals surface area contributed by atoms with Gasteiger partial charge in [0.1, 0.15) is 5.75 Å². The zero-order chi connectivity index (χ0) is 20.4. The van der Waals surface area contributed by atoms with Gasteiger partial charge in [0.15, 0.2) is 0 Å². The molecule has 0 unspecified atom stereocenters. The van der Waals surface area contributed by atoms with E-state index in [4.69, 9.17) is 27.9 Å². The number of halogens is 2. The van der Waals surface area contributed by atoms with Crippen molar-refractivity contribution in [1.29, 1.82) is 0 Å². The van der Waals surface area contributed by atoms with Crippen molar-refractivity contribution in [2.24, 2.45) is 0 Å².